The first-order chi connectivity index (χ1) is 29.0. The predicted octanol–water partition coefficient (Wildman–Crippen LogP) is 11.3. The van der Waals surface area contributed by atoms with Crippen molar-refractivity contribution < 1.29 is 14.4 Å². The molecule has 0 spiro atoms. The summed E-state index contributed by atoms with van der Waals surface area (Å²) in [7, 11) is 12.3. The highest BCUT2D eigenvalue weighted by Gasteiger charge is 2.03. The third-order valence-corrected chi connectivity index (χ3v) is 9.97. The molecule has 0 atom stereocenters. The number of unbranched alkanes of at least 4 members (excludes halogenated alkanes) is 17. The zero-order valence-corrected chi connectivity index (χ0v) is 41.2. The summed E-state index contributed by atoms with van der Waals surface area (Å²) in [6.07, 6.45) is 42.9. The fraction of sp³-hybridized carbons (Fsp3) is 0.824. The maximum atomic E-state index is 11.6. The quantitative estimate of drug-likeness (QED) is 0.0420. The SMILES string of the molecule is C=CCCCCCCCC(=O)NCCCN(C)C.CC/C=C/CCCCCCCC(=O)NCCCN(C)C.CCCC/C=C/CCCCCCCC(=O)NCCCN(C)C. The number of nitrogens with one attached hydrogen (secondary N) is 3. The van der Waals surface area contributed by atoms with Gasteiger partial charge in [0.15, 0.2) is 0 Å². The molecule has 9 nitrogen and oxygen atoms in total. The molecule has 0 rings (SSSR count). The lowest BCUT2D eigenvalue weighted by atomic mass is 10.1. The standard InChI is InChI=1S/C19H38N2O.C17H34N2O.C15H30N2O/c1-4-5-6-7-8-9-10-11-12-13-14-16-19(22)20-17-15-18-21(2)3;1-4-5-6-7-8-9-10-11-12-14-17(20)18-15-13-16-19(2)3;1-4-5-6-7-8-9-10-12-15(18)16-13-11-14-17(2)3/h7-8H,4-6,9-18H2,1-3H3,(H,20,22);5-6H,4,7-16H2,1-3H3,(H,18,20);4H,1,5-14H2,2-3H3,(H,16,18)/b8-7+;6-5+;. The molecule has 0 aromatic rings. The third-order valence-electron chi connectivity index (χ3n) is 9.97. The van der Waals surface area contributed by atoms with Crippen molar-refractivity contribution in [3.05, 3.63) is 37.0 Å². The van der Waals surface area contributed by atoms with Gasteiger partial charge < -0.3 is 30.7 Å². The van der Waals surface area contributed by atoms with Gasteiger partial charge in [-0.15, -0.1) is 6.58 Å². The number of nitrogens with zero attached hydrogens (tertiary/aromatic N) is 3. The Labute approximate surface area is 373 Å². The Morgan fingerprint density at radius 2 is 0.700 bits per heavy atom. The maximum Gasteiger partial charge on any atom is 0.219 e. The highest BCUT2D eigenvalue weighted by Crippen LogP contribution is 2.10. The van der Waals surface area contributed by atoms with E-state index in [1.54, 1.807) is 0 Å². The Balaban J connectivity index is -0.000000816. The van der Waals surface area contributed by atoms with Gasteiger partial charge in [0.2, 0.25) is 17.7 Å². The van der Waals surface area contributed by atoms with Crippen LogP contribution >= 0.6 is 0 Å². The van der Waals surface area contributed by atoms with E-state index in [1.807, 2.05) is 20.2 Å². The molecule has 0 saturated carbocycles. The summed E-state index contributed by atoms with van der Waals surface area (Å²) in [6, 6.07) is 0. The van der Waals surface area contributed by atoms with Crippen LogP contribution in [0.2, 0.25) is 0 Å². The predicted molar refractivity (Wildman–Crippen MR) is 264 cm³/mol. The summed E-state index contributed by atoms with van der Waals surface area (Å²) in [5.41, 5.74) is 0. The fourth-order valence-electron chi connectivity index (χ4n) is 6.24. The number of carbonyl (C=O) groups excluding carboxylic acids is 3. The molecule has 0 aliphatic heterocycles. The van der Waals surface area contributed by atoms with E-state index in [0.29, 0.717) is 19.3 Å². The molecule has 0 aliphatic carbocycles. The molecule has 0 aromatic heterocycles. The molecule has 0 bridgehead atoms. The summed E-state index contributed by atoms with van der Waals surface area (Å²) in [4.78, 5) is 41.1. The van der Waals surface area contributed by atoms with E-state index >= 15 is 0 Å². The molecule has 9 heteroatoms. The van der Waals surface area contributed by atoms with Crippen LogP contribution in [-0.2, 0) is 14.4 Å². The molecule has 0 heterocycles. The minimum atomic E-state index is 0.208. The van der Waals surface area contributed by atoms with Gasteiger partial charge in [-0.3, -0.25) is 14.4 Å². The number of hydrogen-bond acceptors (Lipinski definition) is 6. The van der Waals surface area contributed by atoms with Crippen LogP contribution in [0.15, 0.2) is 37.0 Å². The first-order valence-corrected chi connectivity index (χ1v) is 24.6. The van der Waals surface area contributed by atoms with Crippen molar-refractivity contribution in [1.29, 1.82) is 0 Å². The summed E-state index contributed by atoms with van der Waals surface area (Å²) in [6.45, 7) is 13.6. The van der Waals surface area contributed by atoms with E-state index in [9.17, 15) is 14.4 Å². The average molecular weight is 847 g/mol. The van der Waals surface area contributed by atoms with Crippen LogP contribution in [0.25, 0.3) is 0 Å². The van der Waals surface area contributed by atoms with Crippen molar-refractivity contribution in [2.45, 2.75) is 194 Å². The minimum absolute atomic E-state index is 0.208. The van der Waals surface area contributed by atoms with Crippen molar-refractivity contribution >= 4 is 17.7 Å². The van der Waals surface area contributed by atoms with Gasteiger partial charge in [-0.05, 0) is 152 Å². The van der Waals surface area contributed by atoms with Crippen LogP contribution in [0.5, 0.6) is 0 Å². The van der Waals surface area contributed by atoms with Crippen molar-refractivity contribution in [2.75, 3.05) is 81.6 Å². The van der Waals surface area contributed by atoms with E-state index in [0.717, 1.165) is 90.6 Å². The topological polar surface area (TPSA) is 97.0 Å². The van der Waals surface area contributed by atoms with Crippen LogP contribution < -0.4 is 16.0 Å². The molecule has 3 N–H and O–H groups in total. The number of carbonyl (C=O) groups is 3. The zero-order valence-electron chi connectivity index (χ0n) is 41.2. The van der Waals surface area contributed by atoms with Crippen LogP contribution in [0.4, 0.5) is 0 Å². The Hall–Kier alpha value is -2.49. The Morgan fingerprint density at radius 3 is 1.02 bits per heavy atom. The molecular formula is C51H102N6O3. The zero-order chi connectivity index (χ0) is 45.2. The van der Waals surface area contributed by atoms with Gasteiger partial charge in [-0.25, -0.2) is 0 Å². The van der Waals surface area contributed by atoms with Crippen LogP contribution in [0.3, 0.4) is 0 Å². The van der Waals surface area contributed by atoms with E-state index in [1.165, 1.54) is 109 Å². The maximum absolute atomic E-state index is 11.6. The molecular weight excluding hydrogens is 745 g/mol. The van der Waals surface area contributed by atoms with E-state index in [2.05, 4.69) is 104 Å². The molecule has 354 valence electrons. The Bertz CT molecular complexity index is 982. The van der Waals surface area contributed by atoms with E-state index < -0.39 is 0 Å². The lowest BCUT2D eigenvalue weighted by Gasteiger charge is -2.09. The van der Waals surface area contributed by atoms with Gasteiger partial charge in [0, 0.05) is 38.9 Å². The molecule has 60 heavy (non-hydrogen) atoms. The second-order valence-corrected chi connectivity index (χ2v) is 17.2. The second kappa shape index (κ2) is 52.6. The smallest absolute Gasteiger partial charge is 0.219 e. The second-order valence-electron chi connectivity index (χ2n) is 17.2. The van der Waals surface area contributed by atoms with E-state index in [4.69, 9.17) is 0 Å². The summed E-state index contributed by atoms with van der Waals surface area (Å²) >= 11 is 0. The highest BCUT2D eigenvalue weighted by molar-refractivity contribution is 5.76. The number of amides is 3. The highest BCUT2D eigenvalue weighted by atomic mass is 16.2. The number of rotatable bonds is 40. The van der Waals surface area contributed by atoms with Gasteiger partial charge in [-0.2, -0.15) is 0 Å². The fourth-order valence-corrected chi connectivity index (χ4v) is 6.24. The number of hydrogen-bond donors (Lipinski definition) is 3. The average Bonchev–Trinajstić information content (AvgIpc) is 3.21. The van der Waals surface area contributed by atoms with Crippen LogP contribution in [-0.4, -0.2) is 114 Å². The lowest BCUT2D eigenvalue weighted by molar-refractivity contribution is -0.122. The third kappa shape index (κ3) is 62.2. The number of allylic oxidation sites excluding steroid dienone is 5. The van der Waals surface area contributed by atoms with Crippen LogP contribution in [0, 0.1) is 0 Å². The van der Waals surface area contributed by atoms with Crippen molar-refractivity contribution in [1.82, 2.24) is 30.7 Å². The van der Waals surface area contributed by atoms with Gasteiger partial charge in [0.05, 0.1) is 0 Å². The van der Waals surface area contributed by atoms with E-state index in [-0.39, 0.29) is 17.7 Å². The van der Waals surface area contributed by atoms with Crippen LogP contribution in [0.1, 0.15) is 194 Å². The van der Waals surface area contributed by atoms with Crippen molar-refractivity contribution in [2.24, 2.45) is 0 Å². The summed E-state index contributed by atoms with van der Waals surface area (Å²) < 4.78 is 0. The minimum Gasteiger partial charge on any atom is -0.356 e. The molecule has 0 saturated heterocycles. The van der Waals surface area contributed by atoms with Gasteiger partial charge >= 0.3 is 0 Å². The molecule has 0 fully saturated rings. The van der Waals surface area contributed by atoms with Crippen molar-refractivity contribution in [3.63, 3.8) is 0 Å². The summed E-state index contributed by atoms with van der Waals surface area (Å²) in [5.74, 6) is 0.645. The molecule has 3 amide bonds. The first-order valence-electron chi connectivity index (χ1n) is 24.6. The van der Waals surface area contributed by atoms with Crippen molar-refractivity contribution in [3.8, 4) is 0 Å². The normalized spacial score (nSPS) is 11.2. The Morgan fingerprint density at radius 1 is 0.400 bits per heavy atom. The van der Waals surface area contributed by atoms with Gasteiger partial charge in [0.25, 0.3) is 0 Å². The Kier molecular flexibility index (Phi) is 54.2. The largest absolute Gasteiger partial charge is 0.356 e. The molecule has 0 unspecified atom stereocenters. The molecule has 0 aliphatic rings. The van der Waals surface area contributed by atoms with Gasteiger partial charge in [0.1, 0.15) is 0 Å². The monoisotopic (exact) mass is 847 g/mol. The molecule has 0 radical (unpaired) electrons. The lowest BCUT2D eigenvalue weighted by Crippen LogP contribution is -2.26. The van der Waals surface area contributed by atoms with Gasteiger partial charge in [-0.1, -0.05) is 115 Å². The summed E-state index contributed by atoms with van der Waals surface area (Å²) in [5, 5.41) is 8.96. The molecule has 0 aromatic carbocycles. The first kappa shape index (κ1) is 61.8.